The molecule has 3 aliphatic heterocycles. The van der Waals surface area contributed by atoms with Crippen LogP contribution in [-0.2, 0) is 38.2 Å². The van der Waals surface area contributed by atoms with Crippen LogP contribution in [0.1, 0.15) is 25.5 Å². The van der Waals surface area contributed by atoms with Crippen molar-refractivity contribution in [3.05, 3.63) is 41.1 Å². The predicted molar refractivity (Wildman–Crippen MR) is 156 cm³/mol. The van der Waals surface area contributed by atoms with Crippen molar-refractivity contribution >= 4 is 88.6 Å². The second-order valence-corrected chi connectivity index (χ2v) is 10.8. The van der Waals surface area contributed by atoms with Gasteiger partial charge in [0, 0.05) is 50.7 Å². The quantitative estimate of drug-likeness (QED) is 0.0594. The third-order valence-electron chi connectivity index (χ3n) is 7.13. The Morgan fingerprint density at radius 3 is 2.36 bits per heavy atom. The molecule has 5 N–H and O–H groups in total. The SMILES string of the molecule is CCN1CCN(C(=O)N[C@@H](C(=O)N[C@]2(OC)C(=O)N3C(C(=O)O)=C(COC(C)=O)CS[C@@H]32)c2ccc(N)cc2)C(=O)C1=O.[NaH]. The van der Waals surface area contributed by atoms with E-state index in [1.54, 1.807) is 6.92 Å². The molecule has 3 atom stereocenters. The van der Waals surface area contributed by atoms with Crippen LogP contribution in [0.4, 0.5) is 10.5 Å². The first kappa shape index (κ1) is 34.8. The van der Waals surface area contributed by atoms with Gasteiger partial charge in [0.05, 0.1) is 0 Å². The van der Waals surface area contributed by atoms with E-state index in [0.29, 0.717) is 10.6 Å². The van der Waals surface area contributed by atoms with Crippen LogP contribution < -0.4 is 16.4 Å². The zero-order valence-electron chi connectivity index (χ0n) is 23.4. The van der Waals surface area contributed by atoms with Gasteiger partial charge >= 0.3 is 59.3 Å². The Bertz CT molecular complexity index is 1420. The predicted octanol–water partition coefficient (Wildman–Crippen LogP) is -1.66. The number of rotatable bonds is 9. The summed E-state index contributed by atoms with van der Waals surface area (Å²) in [7, 11) is 1.16. The van der Waals surface area contributed by atoms with Gasteiger partial charge in [0.15, 0.2) is 0 Å². The van der Waals surface area contributed by atoms with Crippen LogP contribution >= 0.6 is 11.8 Å². The fraction of sp³-hybridized carbons (Fsp3) is 0.423. The van der Waals surface area contributed by atoms with Crippen molar-refractivity contribution in [2.45, 2.75) is 31.0 Å². The molecule has 0 aromatic heterocycles. The number of thioether (sulfide) groups is 1. The standard InChI is InChI=1S/C26H30N6O10S.Na.H/c1-4-30-9-10-31(21(36)20(30)35)25(40)28-17(14-5-7-16(27)8-6-14)19(34)29-26(41-3)23(39)32-18(22(37)38)15(11-42-13(2)33)12-43-24(26)32;;/h5-8,17,24H,4,9-12,27H2,1-3H3,(H,28,40)(H,29,34)(H,37,38);;/t17-,24-,26+;;/m1../s1. The third-order valence-corrected chi connectivity index (χ3v) is 8.50. The van der Waals surface area contributed by atoms with Gasteiger partial charge in [-0.05, 0) is 24.6 Å². The molecule has 3 heterocycles. The Morgan fingerprint density at radius 2 is 1.80 bits per heavy atom. The minimum absolute atomic E-state index is 0. The summed E-state index contributed by atoms with van der Waals surface area (Å²) in [5.41, 5.74) is 4.13. The molecule has 4 rings (SSSR count). The Hall–Kier alpha value is -3.64. The second-order valence-electron chi connectivity index (χ2n) is 9.70. The fourth-order valence-electron chi connectivity index (χ4n) is 4.86. The first-order valence-electron chi connectivity index (χ1n) is 13.0. The number of aliphatic carboxylic acids is 1. The normalized spacial score (nSPS) is 21.9. The third kappa shape index (κ3) is 6.41. The van der Waals surface area contributed by atoms with Crippen molar-refractivity contribution in [3.63, 3.8) is 0 Å². The van der Waals surface area contributed by atoms with Gasteiger partial charge < -0.3 is 35.8 Å². The molecule has 0 spiro atoms. The molecule has 1 aromatic rings. The number of nitrogens with one attached hydrogen (secondary N) is 2. The molecule has 3 aliphatic rings. The van der Waals surface area contributed by atoms with Crippen LogP contribution in [0.5, 0.6) is 0 Å². The molecule has 44 heavy (non-hydrogen) atoms. The van der Waals surface area contributed by atoms with Crippen molar-refractivity contribution in [3.8, 4) is 0 Å². The number of urea groups is 1. The number of piperazine rings is 1. The van der Waals surface area contributed by atoms with E-state index in [-0.39, 0.29) is 72.7 Å². The summed E-state index contributed by atoms with van der Waals surface area (Å²) in [6.07, 6.45) is 0. The van der Waals surface area contributed by atoms with Crippen molar-refractivity contribution in [2.75, 3.05) is 44.8 Å². The van der Waals surface area contributed by atoms with Gasteiger partial charge in [-0.3, -0.25) is 33.8 Å². The summed E-state index contributed by atoms with van der Waals surface area (Å²) >= 11 is 1.07. The average molecular weight is 643 g/mol. The molecule has 0 unspecified atom stereocenters. The van der Waals surface area contributed by atoms with Gasteiger partial charge in [-0.2, -0.15) is 0 Å². The number of esters is 1. The average Bonchev–Trinajstić information content (AvgIpc) is 2.98. The zero-order valence-corrected chi connectivity index (χ0v) is 24.3. The second kappa shape index (κ2) is 14.0. The number of ether oxygens (including phenoxy) is 2. The molecule has 0 bridgehead atoms. The number of nitrogens with zero attached hydrogens (tertiary/aromatic N) is 3. The van der Waals surface area contributed by atoms with Gasteiger partial charge in [0.25, 0.3) is 11.6 Å². The Kier molecular flexibility index (Phi) is 11.1. The van der Waals surface area contributed by atoms with E-state index in [1.807, 2.05) is 0 Å². The molecule has 232 valence electrons. The number of carbonyl (C=O) groups is 7. The molecule has 16 nitrogen and oxygen atoms in total. The first-order valence-corrected chi connectivity index (χ1v) is 14.1. The number of imide groups is 1. The number of amides is 6. The van der Waals surface area contributed by atoms with Gasteiger partial charge in [-0.25, -0.2) is 9.59 Å². The maximum atomic E-state index is 13.8. The van der Waals surface area contributed by atoms with Gasteiger partial charge in [0.2, 0.25) is 5.91 Å². The topological polar surface area (TPSA) is 218 Å². The summed E-state index contributed by atoms with van der Waals surface area (Å²) in [5, 5.41) is 13.8. The van der Waals surface area contributed by atoms with Crippen molar-refractivity contribution in [1.82, 2.24) is 25.3 Å². The Balaban J connectivity index is 0.00000529. The number of hydrogen-bond donors (Lipinski definition) is 4. The maximum absolute atomic E-state index is 13.8. The van der Waals surface area contributed by atoms with Crippen molar-refractivity contribution in [1.29, 1.82) is 0 Å². The van der Waals surface area contributed by atoms with Crippen LogP contribution in [0.2, 0.25) is 0 Å². The summed E-state index contributed by atoms with van der Waals surface area (Å²) in [6, 6.07) is 3.36. The summed E-state index contributed by atoms with van der Waals surface area (Å²) in [4.78, 5) is 91.6. The number of anilines is 1. The zero-order chi connectivity index (χ0) is 31.6. The molecule has 0 aliphatic carbocycles. The number of nitrogens with two attached hydrogens (primary N) is 1. The van der Waals surface area contributed by atoms with Crippen LogP contribution in [0.15, 0.2) is 35.5 Å². The molecule has 0 radical (unpaired) electrons. The molecule has 2 fully saturated rings. The van der Waals surface area contributed by atoms with Gasteiger partial charge in [-0.1, -0.05) is 12.1 Å². The molecule has 2 saturated heterocycles. The number of carbonyl (C=O) groups excluding carboxylic acids is 6. The molecule has 1 aromatic carbocycles. The number of carboxylic acids is 1. The van der Waals surface area contributed by atoms with E-state index in [9.17, 15) is 38.7 Å². The molecular weight excluding hydrogens is 611 g/mol. The number of benzene rings is 1. The van der Waals surface area contributed by atoms with Gasteiger partial charge in [0.1, 0.15) is 23.7 Å². The van der Waals surface area contributed by atoms with E-state index >= 15 is 0 Å². The van der Waals surface area contributed by atoms with E-state index in [2.05, 4.69) is 10.6 Å². The van der Waals surface area contributed by atoms with E-state index in [4.69, 9.17) is 15.2 Å². The van der Waals surface area contributed by atoms with Crippen molar-refractivity contribution < 1.29 is 48.1 Å². The molecule has 0 saturated carbocycles. The fourth-order valence-corrected chi connectivity index (χ4v) is 6.28. The van der Waals surface area contributed by atoms with E-state index < -0.39 is 64.4 Å². The van der Waals surface area contributed by atoms with Gasteiger partial charge in [-0.15, -0.1) is 11.8 Å². The number of fused-ring (bicyclic) bond motifs is 1. The van der Waals surface area contributed by atoms with Crippen LogP contribution in [-0.4, -0.2) is 141 Å². The first-order chi connectivity index (χ1) is 20.4. The van der Waals surface area contributed by atoms with Crippen LogP contribution in [0.25, 0.3) is 0 Å². The molecule has 18 heteroatoms. The molecular formula is C26H31N6NaO10S. The number of nitrogen functional groups attached to an aromatic ring is 1. The minimum atomic E-state index is -2.02. The van der Waals surface area contributed by atoms with Crippen LogP contribution in [0, 0.1) is 0 Å². The Morgan fingerprint density at radius 1 is 1.14 bits per heavy atom. The van der Waals surface area contributed by atoms with E-state index in [0.717, 1.165) is 30.7 Å². The number of methoxy groups -OCH3 is 1. The Labute approximate surface area is 277 Å². The monoisotopic (exact) mass is 642 g/mol. The summed E-state index contributed by atoms with van der Waals surface area (Å²) < 4.78 is 10.4. The van der Waals surface area contributed by atoms with Crippen molar-refractivity contribution in [2.24, 2.45) is 0 Å². The molecule has 6 amide bonds. The number of hydrogen-bond acceptors (Lipinski definition) is 11. The summed E-state index contributed by atoms with van der Waals surface area (Å²) in [6.45, 7) is 2.80. The summed E-state index contributed by atoms with van der Waals surface area (Å²) in [5.74, 6) is -5.78. The number of carboxylic acid groups (broad SMARTS) is 1. The number of likely N-dealkylation sites (N-methyl/N-ethyl adjacent to an activating group) is 1. The number of β-lactam (4-membered cyclic amide) rings is 1. The van der Waals surface area contributed by atoms with Crippen LogP contribution in [0.3, 0.4) is 0 Å². The van der Waals surface area contributed by atoms with E-state index in [1.165, 1.54) is 29.2 Å².